The van der Waals surface area contributed by atoms with Crippen molar-refractivity contribution in [3.05, 3.63) is 120 Å². The summed E-state index contributed by atoms with van der Waals surface area (Å²) in [5.74, 6) is 0. The lowest BCUT2D eigenvalue weighted by Gasteiger charge is -2.28. The average Bonchev–Trinajstić information content (AvgIpc) is 2.93. The zero-order valence-electron chi connectivity index (χ0n) is 26.8. The highest BCUT2D eigenvalue weighted by Gasteiger charge is 2.25. The smallest absolute Gasteiger partial charge is 0.00264 e. The minimum Gasteiger partial charge on any atom is -0.0616 e. The fourth-order valence-corrected chi connectivity index (χ4v) is 6.48. The fraction of sp³-hybridized carbons (Fsp3) is 0.286. The summed E-state index contributed by atoms with van der Waals surface area (Å²) in [5.41, 5.74) is 9.49. The molecule has 0 aliphatic heterocycles. The molecule has 0 N–H and O–H groups in total. The highest BCUT2D eigenvalue weighted by molar-refractivity contribution is 6.16. The molecule has 0 spiro atoms. The van der Waals surface area contributed by atoms with E-state index in [1.807, 2.05) is 0 Å². The van der Waals surface area contributed by atoms with Crippen LogP contribution in [0.2, 0.25) is 0 Å². The van der Waals surface area contributed by atoms with Gasteiger partial charge in [0.2, 0.25) is 0 Å². The van der Waals surface area contributed by atoms with E-state index in [4.69, 9.17) is 0 Å². The summed E-state index contributed by atoms with van der Waals surface area (Å²) in [4.78, 5) is 0. The molecule has 42 heavy (non-hydrogen) atoms. The van der Waals surface area contributed by atoms with Gasteiger partial charge in [-0.15, -0.1) is 0 Å². The van der Waals surface area contributed by atoms with Gasteiger partial charge < -0.3 is 0 Å². The molecule has 0 bridgehead atoms. The molecule has 0 heteroatoms. The van der Waals surface area contributed by atoms with E-state index in [9.17, 15) is 0 Å². The van der Waals surface area contributed by atoms with Crippen molar-refractivity contribution in [3.63, 3.8) is 0 Å². The second-order valence-electron chi connectivity index (χ2n) is 15.2. The molecule has 212 valence electrons. The van der Waals surface area contributed by atoms with E-state index < -0.39 is 0 Å². The minimum absolute atomic E-state index is 0.0256. The van der Waals surface area contributed by atoms with Gasteiger partial charge in [0, 0.05) is 0 Å². The Hall–Kier alpha value is -3.90. The zero-order chi connectivity index (χ0) is 30.0. The van der Waals surface area contributed by atoms with Crippen LogP contribution in [0.5, 0.6) is 0 Å². The maximum atomic E-state index is 2.47. The predicted octanol–water partition coefficient (Wildman–Crippen LogP) is 12.4. The zero-order valence-corrected chi connectivity index (χ0v) is 26.8. The lowest BCUT2D eigenvalue weighted by Crippen LogP contribution is -2.16. The van der Waals surface area contributed by atoms with Gasteiger partial charge in [-0.1, -0.05) is 153 Å². The van der Waals surface area contributed by atoms with Gasteiger partial charge in [0.15, 0.2) is 0 Å². The minimum atomic E-state index is -0.0256. The van der Waals surface area contributed by atoms with Crippen LogP contribution < -0.4 is 0 Å². The third-order valence-corrected chi connectivity index (χ3v) is 8.81. The molecule has 6 aromatic carbocycles. The Labute approximate surface area is 252 Å². The molecule has 0 nitrogen and oxygen atoms in total. The van der Waals surface area contributed by atoms with E-state index in [0.29, 0.717) is 0 Å². The van der Waals surface area contributed by atoms with Gasteiger partial charge >= 0.3 is 0 Å². The van der Waals surface area contributed by atoms with Gasteiger partial charge in [-0.05, 0) is 99.6 Å². The molecule has 0 saturated heterocycles. The summed E-state index contributed by atoms with van der Waals surface area (Å²) in [6, 6.07) is 39.1. The molecule has 0 fully saturated rings. The normalized spacial score (nSPS) is 12.9. The van der Waals surface area contributed by atoms with Crippen LogP contribution in [0.25, 0.3) is 54.6 Å². The fourth-order valence-electron chi connectivity index (χ4n) is 6.48. The van der Waals surface area contributed by atoms with Crippen LogP contribution in [0.4, 0.5) is 0 Å². The van der Waals surface area contributed by atoms with Crippen LogP contribution in [0.15, 0.2) is 103 Å². The largest absolute Gasteiger partial charge is 0.0616 e. The van der Waals surface area contributed by atoms with E-state index in [1.165, 1.54) is 71.3 Å². The van der Waals surface area contributed by atoms with Crippen LogP contribution >= 0.6 is 0 Å². The summed E-state index contributed by atoms with van der Waals surface area (Å²) in [7, 11) is 0. The number of hydrogen-bond acceptors (Lipinski definition) is 0. The number of hydrogen-bond donors (Lipinski definition) is 0. The Bertz CT molecular complexity index is 1930. The summed E-state index contributed by atoms with van der Waals surface area (Å²) in [6.07, 6.45) is 0. The maximum absolute atomic E-state index is 2.47. The molecule has 6 aromatic rings. The molecule has 0 heterocycles. The van der Waals surface area contributed by atoms with Gasteiger partial charge in [0.1, 0.15) is 0 Å². The van der Waals surface area contributed by atoms with Crippen molar-refractivity contribution < 1.29 is 0 Å². The maximum Gasteiger partial charge on any atom is -0.00264 e. The summed E-state index contributed by atoms with van der Waals surface area (Å²) in [6.45, 7) is 21.0. The van der Waals surface area contributed by atoms with Crippen LogP contribution in [0, 0.1) is 0 Å². The van der Waals surface area contributed by atoms with Crippen LogP contribution in [0.3, 0.4) is 0 Å². The van der Waals surface area contributed by atoms with Gasteiger partial charge in [-0.25, -0.2) is 0 Å². The highest BCUT2D eigenvalue weighted by atomic mass is 14.3. The monoisotopic (exact) mass is 548 g/mol. The summed E-state index contributed by atoms with van der Waals surface area (Å²) < 4.78 is 0. The van der Waals surface area contributed by atoms with Crippen molar-refractivity contribution in [2.75, 3.05) is 0 Å². The molecule has 0 aromatic heterocycles. The molecule has 0 aliphatic carbocycles. The van der Waals surface area contributed by atoms with E-state index in [2.05, 4.69) is 165 Å². The van der Waals surface area contributed by atoms with Crippen LogP contribution in [0.1, 0.15) is 79.0 Å². The Balaban J connectivity index is 1.71. The van der Waals surface area contributed by atoms with Crippen molar-refractivity contribution in [1.29, 1.82) is 0 Å². The van der Waals surface area contributed by atoms with Gasteiger partial charge in [-0.2, -0.15) is 0 Å². The molecule has 0 saturated carbocycles. The topological polar surface area (TPSA) is 0 Å². The molecule has 0 aliphatic rings. The first-order chi connectivity index (χ1) is 19.7. The Morgan fingerprint density at radius 1 is 0.357 bits per heavy atom. The summed E-state index contributed by atoms with van der Waals surface area (Å²) >= 11 is 0. The second kappa shape index (κ2) is 9.84. The van der Waals surface area contributed by atoms with Gasteiger partial charge in [0.05, 0.1) is 0 Å². The first kappa shape index (κ1) is 28.2. The van der Waals surface area contributed by atoms with Gasteiger partial charge in [-0.3, -0.25) is 0 Å². The number of rotatable bonds is 2. The highest BCUT2D eigenvalue weighted by Crippen LogP contribution is 2.45. The lowest BCUT2D eigenvalue weighted by atomic mass is 9.76. The number of fused-ring (bicyclic) bond motifs is 3. The van der Waals surface area contributed by atoms with Crippen molar-refractivity contribution in [3.8, 4) is 22.3 Å². The first-order valence-corrected chi connectivity index (χ1v) is 15.4. The Kier molecular flexibility index (Phi) is 6.61. The molecule has 0 amide bonds. The van der Waals surface area contributed by atoms with Crippen LogP contribution in [-0.4, -0.2) is 0 Å². The van der Waals surface area contributed by atoms with Crippen molar-refractivity contribution in [2.24, 2.45) is 0 Å². The van der Waals surface area contributed by atoms with Crippen molar-refractivity contribution >= 4 is 32.3 Å². The Morgan fingerprint density at radius 2 is 0.905 bits per heavy atom. The van der Waals surface area contributed by atoms with Gasteiger partial charge in [0.25, 0.3) is 0 Å². The Morgan fingerprint density at radius 3 is 1.52 bits per heavy atom. The summed E-state index contributed by atoms with van der Waals surface area (Å²) in [5, 5.41) is 7.88. The quantitative estimate of drug-likeness (QED) is 0.189. The SMILES string of the molecule is CC(C)(C)c1cc(-c2ccc3c(-c4ccc5ccccc5c4)c4ccccc4c(C(C)(C)C)c3c2)cc(C(C)(C)C)c1. The molecular formula is C42H44. The first-order valence-electron chi connectivity index (χ1n) is 15.4. The molecule has 0 unspecified atom stereocenters. The van der Waals surface area contributed by atoms with E-state index in [0.717, 1.165) is 0 Å². The third kappa shape index (κ3) is 5.02. The number of benzene rings is 6. The third-order valence-electron chi connectivity index (χ3n) is 8.81. The molecule has 6 rings (SSSR count). The average molecular weight is 549 g/mol. The van der Waals surface area contributed by atoms with E-state index in [1.54, 1.807) is 0 Å². The molecule has 0 radical (unpaired) electrons. The van der Waals surface area contributed by atoms with E-state index in [-0.39, 0.29) is 16.2 Å². The van der Waals surface area contributed by atoms with Crippen LogP contribution in [-0.2, 0) is 16.2 Å². The van der Waals surface area contributed by atoms with Crippen molar-refractivity contribution in [2.45, 2.75) is 78.6 Å². The van der Waals surface area contributed by atoms with E-state index >= 15 is 0 Å². The second-order valence-corrected chi connectivity index (χ2v) is 15.2. The lowest BCUT2D eigenvalue weighted by molar-refractivity contribution is 0.569. The molecular weight excluding hydrogens is 504 g/mol. The predicted molar refractivity (Wildman–Crippen MR) is 186 cm³/mol. The standard InChI is InChI=1S/C42H44/c1-40(2,3)32-23-31(24-33(26-32)41(4,5)6)29-20-21-35-37(25-29)39(42(7,8)9)36-17-13-12-16-34(36)38(35)30-19-18-27-14-10-11-15-28(27)22-30/h10-26H,1-9H3. The van der Waals surface area contributed by atoms with Crippen molar-refractivity contribution in [1.82, 2.24) is 0 Å². The molecule has 0 atom stereocenters.